The second kappa shape index (κ2) is 4.79. The molecule has 1 aromatic carbocycles. The Bertz CT molecular complexity index is 465. The molecule has 0 unspecified atom stereocenters. The topological polar surface area (TPSA) is 26.3 Å². The van der Waals surface area contributed by atoms with E-state index in [1.165, 1.54) is 0 Å². The van der Waals surface area contributed by atoms with Gasteiger partial charge in [-0.2, -0.15) is 13.2 Å². The third kappa shape index (κ3) is 3.62. The van der Waals surface area contributed by atoms with Crippen LogP contribution in [0, 0.1) is 0 Å². The van der Waals surface area contributed by atoms with Crippen LogP contribution in [0.1, 0.15) is 15.9 Å². The van der Waals surface area contributed by atoms with Gasteiger partial charge in [-0.15, -0.1) is 13.2 Å². The SMILES string of the molecule is O=Cc1cc(Br)c(OC(F)(F)F)c(C(F)(F)F)c1. The van der Waals surface area contributed by atoms with E-state index in [1.54, 1.807) is 0 Å². The highest BCUT2D eigenvalue weighted by Crippen LogP contribution is 2.43. The number of alkyl halides is 6. The first-order valence-electron chi connectivity index (χ1n) is 4.16. The largest absolute Gasteiger partial charge is 0.573 e. The molecular formula is C9H3BrF6O2. The third-order valence-electron chi connectivity index (χ3n) is 1.73. The second-order valence-corrected chi connectivity index (χ2v) is 3.90. The number of benzene rings is 1. The van der Waals surface area contributed by atoms with Gasteiger partial charge in [-0.05, 0) is 28.1 Å². The second-order valence-electron chi connectivity index (χ2n) is 3.04. The van der Waals surface area contributed by atoms with Crippen LogP contribution in [0.4, 0.5) is 26.3 Å². The van der Waals surface area contributed by atoms with E-state index in [0.717, 1.165) is 6.07 Å². The minimum atomic E-state index is -5.27. The maximum absolute atomic E-state index is 12.5. The molecule has 9 heteroatoms. The zero-order chi connectivity index (χ0) is 14.1. The quantitative estimate of drug-likeness (QED) is 0.598. The van der Waals surface area contributed by atoms with Crippen molar-refractivity contribution in [2.75, 3.05) is 0 Å². The zero-order valence-electron chi connectivity index (χ0n) is 8.19. The summed E-state index contributed by atoms with van der Waals surface area (Å²) in [5, 5.41) is 0. The minimum absolute atomic E-state index is 0.0807. The highest BCUT2D eigenvalue weighted by Gasteiger charge is 2.40. The van der Waals surface area contributed by atoms with Crippen molar-refractivity contribution in [1.29, 1.82) is 0 Å². The number of rotatable bonds is 2. The van der Waals surface area contributed by atoms with Crippen molar-refractivity contribution in [2.45, 2.75) is 12.5 Å². The van der Waals surface area contributed by atoms with Crippen LogP contribution in [0.5, 0.6) is 5.75 Å². The summed E-state index contributed by atoms with van der Waals surface area (Å²) < 4.78 is 76.3. The van der Waals surface area contributed by atoms with Crippen molar-refractivity contribution < 1.29 is 35.9 Å². The van der Waals surface area contributed by atoms with Crippen LogP contribution in [0.3, 0.4) is 0 Å². The van der Waals surface area contributed by atoms with E-state index in [-0.39, 0.29) is 12.4 Å². The maximum Gasteiger partial charge on any atom is 0.573 e. The van der Waals surface area contributed by atoms with Crippen LogP contribution < -0.4 is 4.74 Å². The summed E-state index contributed by atoms with van der Waals surface area (Å²) >= 11 is 2.50. The van der Waals surface area contributed by atoms with Crippen LogP contribution in [0.25, 0.3) is 0 Å². The number of ether oxygens (including phenoxy) is 1. The lowest BCUT2D eigenvalue weighted by Gasteiger charge is -2.17. The van der Waals surface area contributed by atoms with Gasteiger partial charge in [-0.3, -0.25) is 4.79 Å². The van der Waals surface area contributed by atoms with Crippen molar-refractivity contribution in [3.63, 3.8) is 0 Å². The molecule has 0 bridgehead atoms. The predicted octanol–water partition coefficient (Wildman–Crippen LogP) is 4.18. The Kier molecular flexibility index (Phi) is 3.94. The van der Waals surface area contributed by atoms with Gasteiger partial charge < -0.3 is 4.74 Å². The normalized spacial score (nSPS) is 12.4. The molecule has 0 radical (unpaired) electrons. The Morgan fingerprint density at radius 2 is 1.67 bits per heavy atom. The molecule has 0 amide bonds. The summed E-state index contributed by atoms with van der Waals surface area (Å²) in [7, 11) is 0. The lowest BCUT2D eigenvalue weighted by atomic mass is 10.1. The Labute approximate surface area is 105 Å². The first-order chi connectivity index (χ1) is 8.04. The Morgan fingerprint density at radius 1 is 1.11 bits per heavy atom. The number of carbonyl (C=O) groups excluding carboxylic acids is 1. The molecule has 0 aliphatic rings. The number of halogens is 7. The fourth-order valence-corrected chi connectivity index (χ4v) is 1.67. The Balaban J connectivity index is 3.43. The smallest absolute Gasteiger partial charge is 0.404 e. The van der Waals surface area contributed by atoms with Crippen molar-refractivity contribution in [3.05, 3.63) is 27.7 Å². The fraction of sp³-hybridized carbons (Fsp3) is 0.222. The van der Waals surface area contributed by atoms with Crippen molar-refractivity contribution >= 4 is 22.2 Å². The van der Waals surface area contributed by atoms with E-state index in [4.69, 9.17) is 0 Å². The molecule has 1 aromatic rings. The molecule has 0 saturated heterocycles. The number of hydrogen-bond acceptors (Lipinski definition) is 2. The summed E-state index contributed by atoms with van der Waals surface area (Å²) in [6.07, 6.45) is -10.3. The highest BCUT2D eigenvalue weighted by molar-refractivity contribution is 9.10. The van der Waals surface area contributed by atoms with Crippen LogP contribution in [-0.4, -0.2) is 12.6 Å². The van der Waals surface area contributed by atoms with Crippen LogP contribution >= 0.6 is 15.9 Å². The average molecular weight is 337 g/mol. The van der Waals surface area contributed by atoms with Gasteiger partial charge >= 0.3 is 12.5 Å². The standard InChI is InChI=1S/C9H3BrF6O2/c10-6-2-4(3-17)1-5(8(11,12)13)7(6)18-9(14,15)16/h1-3H. The van der Waals surface area contributed by atoms with Gasteiger partial charge in [-0.1, -0.05) is 0 Å². The molecule has 2 nitrogen and oxygen atoms in total. The van der Waals surface area contributed by atoms with Crippen LogP contribution in [0.15, 0.2) is 16.6 Å². The summed E-state index contributed by atoms with van der Waals surface area (Å²) in [4.78, 5) is 10.4. The van der Waals surface area contributed by atoms with Gasteiger partial charge in [0.2, 0.25) is 0 Å². The van der Waals surface area contributed by atoms with Gasteiger partial charge in [0.15, 0.2) is 5.75 Å². The Hall–Kier alpha value is -1.25. The van der Waals surface area contributed by atoms with Crippen molar-refractivity contribution in [2.24, 2.45) is 0 Å². The zero-order valence-corrected chi connectivity index (χ0v) is 9.78. The summed E-state index contributed by atoms with van der Waals surface area (Å²) in [5.74, 6) is -1.43. The van der Waals surface area contributed by atoms with Gasteiger partial charge in [0.25, 0.3) is 0 Å². The molecule has 0 fully saturated rings. The third-order valence-corrected chi connectivity index (χ3v) is 2.31. The van der Waals surface area contributed by atoms with Crippen molar-refractivity contribution in [1.82, 2.24) is 0 Å². The molecule has 1 rings (SSSR count). The van der Waals surface area contributed by atoms with Crippen LogP contribution in [0.2, 0.25) is 0 Å². The van der Waals surface area contributed by atoms with E-state index in [0.29, 0.717) is 0 Å². The minimum Gasteiger partial charge on any atom is -0.404 e. The molecule has 0 N–H and O–H groups in total. The monoisotopic (exact) mass is 336 g/mol. The van der Waals surface area contributed by atoms with Gasteiger partial charge in [-0.25, -0.2) is 0 Å². The first kappa shape index (κ1) is 14.8. The molecule has 0 atom stereocenters. The molecule has 0 heterocycles. The summed E-state index contributed by atoms with van der Waals surface area (Å²) in [6.45, 7) is 0. The maximum atomic E-state index is 12.5. The van der Waals surface area contributed by atoms with Gasteiger partial charge in [0.1, 0.15) is 6.29 Å². The molecule has 0 spiro atoms. The number of hydrogen-bond donors (Lipinski definition) is 0. The molecule has 100 valence electrons. The Morgan fingerprint density at radius 3 is 2.06 bits per heavy atom. The number of aldehydes is 1. The molecule has 0 aliphatic carbocycles. The lowest BCUT2D eigenvalue weighted by molar-refractivity contribution is -0.276. The fourth-order valence-electron chi connectivity index (χ4n) is 1.11. The lowest BCUT2D eigenvalue weighted by Crippen LogP contribution is -2.20. The summed E-state index contributed by atoms with van der Waals surface area (Å²) in [5.41, 5.74) is -2.11. The van der Waals surface area contributed by atoms with E-state index >= 15 is 0 Å². The summed E-state index contributed by atoms with van der Waals surface area (Å²) in [6, 6.07) is 1.07. The molecule has 0 aliphatic heterocycles. The van der Waals surface area contributed by atoms with E-state index in [2.05, 4.69) is 20.7 Å². The van der Waals surface area contributed by atoms with E-state index in [1.807, 2.05) is 0 Å². The molecule has 0 saturated carbocycles. The average Bonchev–Trinajstić information content (AvgIpc) is 2.17. The van der Waals surface area contributed by atoms with Gasteiger partial charge in [0, 0.05) is 5.56 Å². The van der Waals surface area contributed by atoms with Crippen LogP contribution in [-0.2, 0) is 6.18 Å². The van der Waals surface area contributed by atoms with E-state index in [9.17, 15) is 31.1 Å². The number of carbonyl (C=O) groups is 1. The van der Waals surface area contributed by atoms with Crippen molar-refractivity contribution in [3.8, 4) is 5.75 Å². The predicted molar refractivity (Wildman–Crippen MR) is 51.2 cm³/mol. The molecule has 0 aromatic heterocycles. The first-order valence-corrected chi connectivity index (χ1v) is 4.95. The van der Waals surface area contributed by atoms with Gasteiger partial charge in [0.05, 0.1) is 10.0 Å². The molecular weight excluding hydrogens is 334 g/mol. The molecule has 18 heavy (non-hydrogen) atoms. The van der Waals surface area contributed by atoms with E-state index < -0.39 is 33.9 Å². The highest BCUT2D eigenvalue weighted by atomic mass is 79.9.